The molecule has 1 aliphatic heterocycles. The topological polar surface area (TPSA) is 105 Å². The van der Waals surface area contributed by atoms with E-state index in [0.717, 1.165) is 6.42 Å². The van der Waals surface area contributed by atoms with E-state index < -0.39 is 15.9 Å². The van der Waals surface area contributed by atoms with Gasteiger partial charge in [-0.2, -0.15) is 4.31 Å². The van der Waals surface area contributed by atoms with Crippen molar-refractivity contribution in [3.63, 3.8) is 0 Å². The van der Waals surface area contributed by atoms with Gasteiger partial charge in [0.25, 0.3) is 5.91 Å². The highest BCUT2D eigenvalue weighted by atomic mass is 32.2. The van der Waals surface area contributed by atoms with Gasteiger partial charge in [0.2, 0.25) is 15.9 Å². The third-order valence-electron chi connectivity index (χ3n) is 4.88. The van der Waals surface area contributed by atoms with Gasteiger partial charge in [-0.25, -0.2) is 8.42 Å². The number of carbonyl (C=O) groups excluding carboxylic acids is 1. The highest BCUT2D eigenvalue weighted by molar-refractivity contribution is 7.89. The lowest BCUT2D eigenvalue weighted by Crippen LogP contribution is -2.42. The summed E-state index contributed by atoms with van der Waals surface area (Å²) < 4.78 is 32.9. The number of nitrogens with zero attached hydrogens (tertiary/aromatic N) is 3. The summed E-state index contributed by atoms with van der Waals surface area (Å²) >= 11 is 0. The maximum Gasteiger partial charge on any atom is 0.322 e. The van der Waals surface area contributed by atoms with E-state index >= 15 is 0 Å². The number of hydrogen-bond acceptors (Lipinski definition) is 6. The van der Waals surface area contributed by atoms with Crippen LogP contribution in [-0.4, -0.2) is 41.9 Å². The number of nitrogens with one attached hydrogen (secondary N) is 1. The van der Waals surface area contributed by atoms with E-state index in [1.807, 2.05) is 20.8 Å². The number of piperidine rings is 1. The summed E-state index contributed by atoms with van der Waals surface area (Å²) in [6, 6.07) is 5.90. The van der Waals surface area contributed by atoms with Crippen molar-refractivity contribution in [1.29, 1.82) is 0 Å². The van der Waals surface area contributed by atoms with Gasteiger partial charge in [0.1, 0.15) is 0 Å². The van der Waals surface area contributed by atoms with Crippen molar-refractivity contribution < 1.29 is 17.6 Å². The summed E-state index contributed by atoms with van der Waals surface area (Å²) in [4.78, 5) is 12.6. The Labute approximate surface area is 171 Å². The molecule has 2 aromatic rings. The molecule has 1 N–H and O–H groups in total. The first-order chi connectivity index (χ1) is 13.5. The van der Waals surface area contributed by atoms with Gasteiger partial charge in [-0.1, -0.05) is 39.7 Å². The van der Waals surface area contributed by atoms with Crippen LogP contribution in [0.4, 0.5) is 6.01 Å². The molecule has 0 unspecified atom stereocenters. The summed E-state index contributed by atoms with van der Waals surface area (Å²) in [6.45, 7) is 10.9. The van der Waals surface area contributed by atoms with Crippen molar-refractivity contribution in [3.8, 4) is 0 Å². The third kappa shape index (κ3) is 4.84. The molecule has 0 radical (unpaired) electrons. The molecule has 1 aromatic carbocycles. The van der Waals surface area contributed by atoms with E-state index in [4.69, 9.17) is 4.42 Å². The molecule has 0 spiro atoms. The second kappa shape index (κ2) is 7.87. The van der Waals surface area contributed by atoms with Crippen LogP contribution in [0.2, 0.25) is 0 Å². The molecular formula is C20H28N4O4S. The lowest BCUT2D eigenvalue weighted by atomic mass is 9.94. The SMILES string of the molecule is C[C@H]1C[C@H](C)CN(S(=O)(=O)c2ccc(C(=O)Nc3nnc(C(C)(C)C)o3)cc2)C1. The summed E-state index contributed by atoms with van der Waals surface area (Å²) in [5.41, 5.74) is -0.0186. The van der Waals surface area contributed by atoms with E-state index in [2.05, 4.69) is 29.4 Å². The number of amides is 1. The van der Waals surface area contributed by atoms with E-state index in [1.54, 1.807) is 0 Å². The van der Waals surface area contributed by atoms with E-state index in [9.17, 15) is 13.2 Å². The van der Waals surface area contributed by atoms with Crippen LogP contribution in [-0.2, 0) is 15.4 Å². The van der Waals surface area contributed by atoms with Crippen LogP contribution < -0.4 is 5.32 Å². The minimum absolute atomic E-state index is 0.00733. The molecule has 0 aliphatic carbocycles. The molecule has 2 heterocycles. The Morgan fingerprint density at radius 2 is 1.69 bits per heavy atom. The Hall–Kier alpha value is -2.26. The number of sulfonamides is 1. The average molecular weight is 421 g/mol. The summed E-state index contributed by atoms with van der Waals surface area (Å²) in [7, 11) is -3.58. The molecule has 1 aliphatic rings. The number of benzene rings is 1. The smallest absolute Gasteiger partial charge is 0.322 e. The monoisotopic (exact) mass is 420 g/mol. The van der Waals surface area contributed by atoms with Crippen LogP contribution in [0, 0.1) is 11.8 Å². The molecule has 1 aromatic heterocycles. The minimum atomic E-state index is -3.58. The van der Waals surface area contributed by atoms with Crippen molar-refractivity contribution in [2.24, 2.45) is 11.8 Å². The highest BCUT2D eigenvalue weighted by Gasteiger charge is 2.31. The van der Waals surface area contributed by atoms with Crippen molar-refractivity contribution >= 4 is 21.9 Å². The molecule has 2 atom stereocenters. The van der Waals surface area contributed by atoms with E-state index in [0.29, 0.717) is 36.4 Å². The van der Waals surface area contributed by atoms with Gasteiger partial charge < -0.3 is 4.42 Å². The first-order valence-corrected chi connectivity index (χ1v) is 11.2. The Kier molecular flexibility index (Phi) is 5.82. The standard InChI is InChI=1S/C20H28N4O4S/c1-13-10-14(2)12-24(11-13)29(26,27)16-8-6-15(7-9-16)17(25)21-19-23-22-18(28-19)20(3,4)5/h6-9,13-14H,10-12H2,1-5H3,(H,21,23,25)/t13-,14-/m0/s1. The first kappa shape index (κ1) is 21.4. The Morgan fingerprint density at radius 1 is 1.10 bits per heavy atom. The number of anilines is 1. The maximum atomic E-state index is 12.9. The second-order valence-electron chi connectivity index (χ2n) is 8.91. The van der Waals surface area contributed by atoms with Gasteiger partial charge in [-0.15, -0.1) is 5.10 Å². The van der Waals surface area contributed by atoms with Gasteiger partial charge in [0.15, 0.2) is 0 Å². The number of rotatable bonds is 4. The average Bonchev–Trinajstić information content (AvgIpc) is 3.10. The zero-order valence-corrected chi connectivity index (χ0v) is 18.3. The molecule has 0 bridgehead atoms. The Bertz CT molecular complexity index is 967. The zero-order valence-electron chi connectivity index (χ0n) is 17.5. The van der Waals surface area contributed by atoms with E-state index in [1.165, 1.54) is 28.6 Å². The zero-order chi connectivity index (χ0) is 21.4. The highest BCUT2D eigenvalue weighted by Crippen LogP contribution is 2.27. The molecule has 29 heavy (non-hydrogen) atoms. The van der Waals surface area contributed by atoms with Gasteiger partial charge >= 0.3 is 6.01 Å². The summed E-state index contributed by atoms with van der Waals surface area (Å²) in [5, 5.41) is 10.3. The van der Waals surface area contributed by atoms with Crippen LogP contribution in [0.3, 0.4) is 0 Å². The van der Waals surface area contributed by atoms with Gasteiger partial charge in [-0.05, 0) is 42.5 Å². The molecular weight excluding hydrogens is 392 g/mol. The predicted molar refractivity (Wildman–Crippen MR) is 109 cm³/mol. The molecule has 3 rings (SSSR count). The molecule has 1 fully saturated rings. The fraction of sp³-hybridized carbons (Fsp3) is 0.550. The fourth-order valence-corrected chi connectivity index (χ4v) is 5.16. The van der Waals surface area contributed by atoms with Crippen molar-refractivity contribution in [3.05, 3.63) is 35.7 Å². The van der Waals surface area contributed by atoms with E-state index in [-0.39, 0.29) is 16.3 Å². The predicted octanol–water partition coefficient (Wildman–Crippen LogP) is 3.29. The van der Waals surface area contributed by atoms with Gasteiger partial charge in [0.05, 0.1) is 4.90 Å². The van der Waals surface area contributed by atoms with Crippen LogP contribution >= 0.6 is 0 Å². The van der Waals surface area contributed by atoms with Crippen LogP contribution in [0.15, 0.2) is 33.6 Å². The molecule has 1 amide bonds. The minimum Gasteiger partial charge on any atom is -0.407 e. The van der Waals surface area contributed by atoms with Crippen molar-refractivity contribution in [2.75, 3.05) is 18.4 Å². The second-order valence-corrected chi connectivity index (χ2v) is 10.8. The molecule has 0 saturated carbocycles. The normalized spacial score (nSPS) is 21.1. The summed E-state index contributed by atoms with van der Waals surface area (Å²) in [5.74, 6) is 0.620. The van der Waals surface area contributed by atoms with Gasteiger partial charge in [-0.3, -0.25) is 10.1 Å². The quantitative estimate of drug-likeness (QED) is 0.814. The van der Waals surface area contributed by atoms with Crippen LogP contribution in [0.25, 0.3) is 0 Å². The van der Waals surface area contributed by atoms with Crippen LogP contribution in [0.5, 0.6) is 0 Å². The molecule has 9 heteroatoms. The Morgan fingerprint density at radius 3 is 2.21 bits per heavy atom. The van der Waals surface area contributed by atoms with Crippen LogP contribution in [0.1, 0.15) is 57.3 Å². The lowest BCUT2D eigenvalue weighted by Gasteiger charge is -2.34. The lowest BCUT2D eigenvalue weighted by molar-refractivity contribution is 0.102. The fourth-order valence-electron chi connectivity index (χ4n) is 3.48. The number of aromatic nitrogens is 2. The molecule has 8 nitrogen and oxygen atoms in total. The van der Waals surface area contributed by atoms with Gasteiger partial charge in [0, 0.05) is 24.1 Å². The molecule has 1 saturated heterocycles. The number of hydrogen-bond donors (Lipinski definition) is 1. The summed E-state index contributed by atoms with van der Waals surface area (Å²) in [6.07, 6.45) is 1.03. The maximum absolute atomic E-state index is 12.9. The van der Waals surface area contributed by atoms with Crippen molar-refractivity contribution in [1.82, 2.24) is 14.5 Å². The number of carbonyl (C=O) groups is 1. The van der Waals surface area contributed by atoms with Crippen molar-refractivity contribution in [2.45, 2.75) is 51.3 Å². The first-order valence-electron chi connectivity index (χ1n) is 9.72. The molecule has 158 valence electrons. The largest absolute Gasteiger partial charge is 0.407 e. The third-order valence-corrected chi connectivity index (χ3v) is 6.72. The Balaban J connectivity index is 1.72.